The standard InChI is InChI=1S/C17H20BrNS/c1-11-6-3-4-7-13(11)12(2)19-15-8-5-9-16-14(15)10-17(18)20-16/h3-4,6-7,10,12,15,19H,5,8-9H2,1-2H3/t12-,15?/m1/s1. The summed E-state index contributed by atoms with van der Waals surface area (Å²) >= 11 is 5.53. The Hall–Kier alpha value is -0.640. The fourth-order valence-corrected chi connectivity index (χ4v) is 4.98. The summed E-state index contributed by atoms with van der Waals surface area (Å²) in [6.07, 6.45) is 3.77. The molecule has 2 aromatic rings. The molecule has 0 bridgehead atoms. The highest BCUT2D eigenvalue weighted by Gasteiger charge is 2.24. The van der Waals surface area contributed by atoms with Crippen LogP contribution in [0.1, 0.15) is 53.4 Å². The number of thiophene rings is 1. The minimum Gasteiger partial charge on any atom is -0.303 e. The largest absolute Gasteiger partial charge is 0.303 e. The van der Waals surface area contributed by atoms with Crippen LogP contribution in [-0.2, 0) is 6.42 Å². The second-order valence-electron chi connectivity index (χ2n) is 5.62. The maximum Gasteiger partial charge on any atom is 0.0704 e. The van der Waals surface area contributed by atoms with Crippen LogP contribution in [0.3, 0.4) is 0 Å². The molecular weight excluding hydrogens is 330 g/mol. The van der Waals surface area contributed by atoms with Crippen molar-refractivity contribution in [3.05, 3.63) is 55.7 Å². The summed E-state index contributed by atoms with van der Waals surface area (Å²) < 4.78 is 1.26. The number of hydrogen-bond acceptors (Lipinski definition) is 2. The van der Waals surface area contributed by atoms with Crippen LogP contribution < -0.4 is 5.32 Å². The van der Waals surface area contributed by atoms with Crippen LogP contribution in [0.4, 0.5) is 0 Å². The van der Waals surface area contributed by atoms with E-state index in [1.165, 1.54) is 39.7 Å². The Morgan fingerprint density at radius 2 is 2.15 bits per heavy atom. The van der Waals surface area contributed by atoms with Gasteiger partial charge in [-0.3, -0.25) is 0 Å². The van der Waals surface area contributed by atoms with Crippen LogP contribution in [0.2, 0.25) is 0 Å². The zero-order valence-corrected chi connectivity index (χ0v) is 14.4. The van der Waals surface area contributed by atoms with Crippen molar-refractivity contribution in [2.24, 2.45) is 0 Å². The lowest BCUT2D eigenvalue weighted by atomic mass is 9.92. The first-order valence-electron chi connectivity index (χ1n) is 7.25. The van der Waals surface area contributed by atoms with Gasteiger partial charge in [0.25, 0.3) is 0 Å². The minimum absolute atomic E-state index is 0.394. The second kappa shape index (κ2) is 6.00. The lowest BCUT2D eigenvalue weighted by Gasteiger charge is -2.28. The van der Waals surface area contributed by atoms with Crippen molar-refractivity contribution >= 4 is 27.3 Å². The van der Waals surface area contributed by atoms with Gasteiger partial charge in [0.15, 0.2) is 0 Å². The Morgan fingerprint density at radius 1 is 1.35 bits per heavy atom. The van der Waals surface area contributed by atoms with Crippen molar-refractivity contribution in [1.82, 2.24) is 5.32 Å². The predicted molar refractivity (Wildman–Crippen MR) is 90.4 cm³/mol. The Bertz CT molecular complexity index is 605. The molecule has 0 aliphatic heterocycles. The van der Waals surface area contributed by atoms with Gasteiger partial charge in [-0.15, -0.1) is 11.3 Å². The number of halogens is 1. The molecule has 3 rings (SSSR count). The first kappa shape index (κ1) is 14.3. The molecule has 0 radical (unpaired) electrons. The summed E-state index contributed by atoms with van der Waals surface area (Å²) in [6, 6.07) is 11.9. The zero-order valence-electron chi connectivity index (χ0n) is 11.9. The molecule has 2 atom stereocenters. The molecule has 1 unspecified atom stereocenters. The molecule has 20 heavy (non-hydrogen) atoms. The Kier molecular flexibility index (Phi) is 4.29. The monoisotopic (exact) mass is 349 g/mol. The minimum atomic E-state index is 0.394. The molecule has 0 spiro atoms. The van der Waals surface area contributed by atoms with Gasteiger partial charge < -0.3 is 5.32 Å². The third-order valence-corrected chi connectivity index (χ3v) is 5.90. The molecular formula is C17H20BrNS. The Labute approximate surface area is 133 Å². The molecule has 3 heteroatoms. The van der Waals surface area contributed by atoms with E-state index in [1.54, 1.807) is 4.88 Å². The predicted octanol–water partition coefficient (Wildman–Crippen LogP) is 5.55. The van der Waals surface area contributed by atoms with Crippen LogP contribution in [0.5, 0.6) is 0 Å². The lowest BCUT2D eigenvalue weighted by Crippen LogP contribution is -2.27. The summed E-state index contributed by atoms with van der Waals surface area (Å²) in [4.78, 5) is 1.55. The van der Waals surface area contributed by atoms with E-state index in [-0.39, 0.29) is 0 Å². The third-order valence-electron chi connectivity index (χ3n) is 4.19. The van der Waals surface area contributed by atoms with Gasteiger partial charge in [0.2, 0.25) is 0 Å². The molecule has 1 aliphatic rings. The summed E-state index contributed by atoms with van der Waals surface area (Å²) in [5, 5.41) is 3.83. The van der Waals surface area contributed by atoms with E-state index in [0.717, 1.165) is 0 Å². The molecule has 0 fully saturated rings. The first-order valence-corrected chi connectivity index (χ1v) is 8.86. The van der Waals surface area contributed by atoms with E-state index in [4.69, 9.17) is 0 Å². The van der Waals surface area contributed by atoms with E-state index < -0.39 is 0 Å². The van der Waals surface area contributed by atoms with Gasteiger partial charge in [-0.25, -0.2) is 0 Å². The Balaban J connectivity index is 1.80. The van der Waals surface area contributed by atoms with Crippen LogP contribution in [0.15, 0.2) is 34.1 Å². The molecule has 1 aromatic carbocycles. The molecule has 106 valence electrons. The maximum atomic E-state index is 3.83. The smallest absolute Gasteiger partial charge is 0.0704 e. The molecule has 1 N–H and O–H groups in total. The normalized spacial score (nSPS) is 19.6. The van der Waals surface area contributed by atoms with E-state index in [0.29, 0.717) is 12.1 Å². The van der Waals surface area contributed by atoms with Crippen molar-refractivity contribution in [2.75, 3.05) is 0 Å². The van der Waals surface area contributed by atoms with Crippen molar-refractivity contribution < 1.29 is 0 Å². The quantitative estimate of drug-likeness (QED) is 0.766. The van der Waals surface area contributed by atoms with E-state index in [2.05, 4.69) is 65.4 Å². The molecule has 1 aromatic heterocycles. The zero-order chi connectivity index (χ0) is 14.1. The SMILES string of the molecule is Cc1ccccc1[C@@H](C)NC1CCCc2sc(Br)cc21. The van der Waals surface area contributed by atoms with Crippen molar-refractivity contribution in [1.29, 1.82) is 0 Å². The molecule has 1 heterocycles. The number of fused-ring (bicyclic) bond motifs is 1. The van der Waals surface area contributed by atoms with Crippen LogP contribution in [0.25, 0.3) is 0 Å². The topological polar surface area (TPSA) is 12.0 Å². The molecule has 0 saturated heterocycles. The highest BCUT2D eigenvalue weighted by atomic mass is 79.9. The summed E-state index contributed by atoms with van der Waals surface area (Å²) in [6.45, 7) is 4.47. The van der Waals surface area contributed by atoms with Gasteiger partial charge in [0.05, 0.1) is 3.79 Å². The highest BCUT2D eigenvalue weighted by molar-refractivity contribution is 9.11. The van der Waals surface area contributed by atoms with Crippen LogP contribution in [0, 0.1) is 6.92 Å². The number of rotatable bonds is 3. The van der Waals surface area contributed by atoms with Crippen molar-refractivity contribution in [3.63, 3.8) is 0 Å². The van der Waals surface area contributed by atoms with E-state index >= 15 is 0 Å². The second-order valence-corrected chi connectivity index (χ2v) is 8.13. The molecule has 1 aliphatic carbocycles. The van der Waals surface area contributed by atoms with E-state index in [9.17, 15) is 0 Å². The lowest BCUT2D eigenvalue weighted by molar-refractivity contribution is 0.417. The fraction of sp³-hybridized carbons (Fsp3) is 0.412. The first-order chi connectivity index (χ1) is 9.65. The third kappa shape index (κ3) is 2.85. The van der Waals surface area contributed by atoms with Gasteiger partial charge in [0, 0.05) is 17.0 Å². The summed E-state index contributed by atoms with van der Waals surface area (Å²) in [5.74, 6) is 0. The number of nitrogens with one attached hydrogen (secondary N) is 1. The van der Waals surface area contributed by atoms with Gasteiger partial charge in [0.1, 0.15) is 0 Å². The van der Waals surface area contributed by atoms with Crippen molar-refractivity contribution in [3.8, 4) is 0 Å². The highest BCUT2D eigenvalue weighted by Crippen LogP contribution is 2.39. The van der Waals surface area contributed by atoms with Gasteiger partial charge in [-0.1, -0.05) is 24.3 Å². The number of benzene rings is 1. The number of aryl methyl sites for hydroxylation is 2. The van der Waals surface area contributed by atoms with Gasteiger partial charge in [-0.05, 0) is 71.8 Å². The molecule has 1 nitrogen and oxygen atoms in total. The number of hydrogen-bond donors (Lipinski definition) is 1. The van der Waals surface area contributed by atoms with Crippen LogP contribution >= 0.6 is 27.3 Å². The van der Waals surface area contributed by atoms with E-state index in [1.807, 2.05) is 11.3 Å². The van der Waals surface area contributed by atoms with Crippen molar-refractivity contribution in [2.45, 2.75) is 45.2 Å². The molecule has 0 saturated carbocycles. The van der Waals surface area contributed by atoms with Gasteiger partial charge >= 0.3 is 0 Å². The average Bonchev–Trinajstić information content (AvgIpc) is 2.80. The Morgan fingerprint density at radius 3 is 2.95 bits per heavy atom. The summed E-state index contributed by atoms with van der Waals surface area (Å²) in [7, 11) is 0. The average molecular weight is 350 g/mol. The van der Waals surface area contributed by atoms with Crippen LogP contribution in [-0.4, -0.2) is 0 Å². The summed E-state index contributed by atoms with van der Waals surface area (Å²) in [5.41, 5.74) is 4.29. The molecule has 0 amide bonds. The van der Waals surface area contributed by atoms with Gasteiger partial charge in [-0.2, -0.15) is 0 Å². The maximum absolute atomic E-state index is 3.83. The fourth-order valence-electron chi connectivity index (χ4n) is 3.16.